The van der Waals surface area contributed by atoms with Gasteiger partial charge in [-0.1, -0.05) is 23.7 Å². The van der Waals surface area contributed by atoms with Crippen LogP contribution in [0.3, 0.4) is 0 Å². The van der Waals surface area contributed by atoms with Crippen molar-refractivity contribution in [2.45, 2.75) is 12.5 Å². The zero-order valence-corrected chi connectivity index (χ0v) is 10.2. The first kappa shape index (κ1) is 11.9. The number of hydrogen-bond acceptors (Lipinski definition) is 3. The van der Waals surface area contributed by atoms with E-state index in [9.17, 15) is 13.5 Å². The fourth-order valence-corrected chi connectivity index (χ4v) is 3.96. The van der Waals surface area contributed by atoms with Crippen LogP contribution in [-0.4, -0.2) is 25.0 Å². The minimum absolute atomic E-state index is 0.0802. The molecule has 2 rings (SSSR count). The minimum Gasteiger partial charge on any atom is -0.388 e. The van der Waals surface area contributed by atoms with Crippen molar-refractivity contribution in [3.05, 3.63) is 34.9 Å². The van der Waals surface area contributed by atoms with Gasteiger partial charge in [0.2, 0.25) is 0 Å². The number of sulfone groups is 1. The highest BCUT2D eigenvalue weighted by atomic mass is 35.5. The van der Waals surface area contributed by atoms with Crippen LogP contribution in [0.5, 0.6) is 0 Å². The summed E-state index contributed by atoms with van der Waals surface area (Å²) >= 11 is 5.74. The molecule has 0 aliphatic carbocycles. The lowest BCUT2D eigenvalue weighted by Crippen LogP contribution is -2.14. The van der Waals surface area contributed by atoms with Gasteiger partial charge in [-0.25, -0.2) is 8.42 Å². The monoisotopic (exact) mass is 260 g/mol. The molecular weight excluding hydrogens is 248 g/mol. The highest BCUT2D eigenvalue weighted by molar-refractivity contribution is 7.91. The predicted molar refractivity (Wildman–Crippen MR) is 63.2 cm³/mol. The smallest absolute Gasteiger partial charge is 0.150 e. The Morgan fingerprint density at radius 2 is 1.94 bits per heavy atom. The van der Waals surface area contributed by atoms with E-state index in [1.165, 1.54) is 0 Å². The molecule has 0 radical (unpaired) electrons. The third-order valence-electron chi connectivity index (χ3n) is 2.93. The molecule has 0 spiro atoms. The first-order valence-corrected chi connectivity index (χ1v) is 7.32. The lowest BCUT2D eigenvalue weighted by atomic mass is 9.95. The summed E-state index contributed by atoms with van der Waals surface area (Å²) in [5.41, 5.74) is 0.728. The van der Waals surface area contributed by atoms with Crippen molar-refractivity contribution in [2.24, 2.45) is 5.92 Å². The van der Waals surface area contributed by atoms with Crippen molar-refractivity contribution < 1.29 is 13.5 Å². The SMILES string of the molecule is O=S1(=O)CCC(C(O)c2ccc(Cl)cc2)C1. The summed E-state index contributed by atoms with van der Waals surface area (Å²) in [7, 11) is -2.94. The Bertz CT molecular complexity index is 467. The molecule has 0 aromatic heterocycles. The van der Waals surface area contributed by atoms with Crippen molar-refractivity contribution in [1.82, 2.24) is 0 Å². The maximum absolute atomic E-state index is 11.3. The number of rotatable bonds is 2. The number of aliphatic hydroxyl groups excluding tert-OH is 1. The van der Waals surface area contributed by atoms with Gasteiger partial charge in [-0.05, 0) is 24.1 Å². The van der Waals surface area contributed by atoms with Crippen LogP contribution >= 0.6 is 11.6 Å². The molecule has 1 aliphatic rings. The molecule has 16 heavy (non-hydrogen) atoms. The van der Waals surface area contributed by atoms with Gasteiger partial charge in [0.15, 0.2) is 9.84 Å². The Balaban J connectivity index is 2.14. The van der Waals surface area contributed by atoms with Crippen molar-refractivity contribution in [3.63, 3.8) is 0 Å². The summed E-state index contributed by atoms with van der Waals surface area (Å²) in [6.07, 6.45) is -0.180. The second kappa shape index (κ2) is 4.35. The third kappa shape index (κ3) is 2.56. The van der Waals surface area contributed by atoms with Gasteiger partial charge in [0.05, 0.1) is 17.6 Å². The Morgan fingerprint density at radius 1 is 1.31 bits per heavy atom. The van der Waals surface area contributed by atoms with E-state index in [-0.39, 0.29) is 17.4 Å². The first-order chi connectivity index (χ1) is 7.48. The van der Waals surface area contributed by atoms with E-state index in [2.05, 4.69) is 0 Å². The molecule has 1 aromatic carbocycles. The Kier molecular flexibility index (Phi) is 3.24. The molecular formula is C11H13ClO3S. The highest BCUT2D eigenvalue weighted by Gasteiger charge is 2.33. The Morgan fingerprint density at radius 3 is 2.44 bits per heavy atom. The van der Waals surface area contributed by atoms with Gasteiger partial charge in [0, 0.05) is 10.9 Å². The maximum atomic E-state index is 11.3. The van der Waals surface area contributed by atoms with Gasteiger partial charge in [-0.2, -0.15) is 0 Å². The second-order valence-electron chi connectivity index (χ2n) is 4.16. The van der Waals surface area contributed by atoms with E-state index in [1.54, 1.807) is 24.3 Å². The maximum Gasteiger partial charge on any atom is 0.150 e. The second-order valence-corrected chi connectivity index (χ2v) is 6.82. The van der Waals surface area contributed by atoms with Gasteiger partial charge >= 0.3 is 0 Å². The lowest BCUT2D eigenvalue weighted by Gasteiger charge is -2.16. The van der Waals surface area contributed by atoms with Crippen LogP contribution in [-0.2, 0) is 9.84 Å². The molecule has 1 heterocycles. The fourth-order valence-electron chi connectivity index (χ4n) is 2.00. The molecule has 3 nitrogen and oxygen atoms in total. The fraction of sp³-hybridized carbons (Fsp3) is 0.455. The summed E-state index contributed by atoms with van der Waals surface area (Å²) in [5, 5.41) is 10.6. The quantitative estimate of drug-likeness (QED) is 0.882. The minimum atomic E-state index is -2.94. The van der Waals surface area contributed by atoms with E-state index in [1.807, 2.05) is 0 Å². The topological polar surface area (TPSA) is 54.4 Å². The normalized spacial score (nSPS) is 25.5. The van der Waals surface area contributed by atoms with Gasteiger partial charge < -0.3 is 5.11 Å². The largest absolute Gasteiger partial charge is 0.388 e. The molecule has 1 aliphatic heterocycles. The predicted octanol–water partition coefficient (Wildman–Crippen LogP) is 1.81. The number of halogens is 1. The molecule has 0 bridgehead atoms. The van der Waals surface area contributed by atoms with Crippen LogP contribution in [0.2, 0.25) is 5.02 Å². The van der Waals surface area contributed by atoms with Gasteiger partial charge in [-0.15, -0.1) is 0 Å². The van der Waals surface area contributed by atoms with E-state index >= 15 is 0 Å². The van der Waals surface area contributed by atoms with Crippen LogP contribution in [0, 0.1) is 5.92 Å². The van der Waals surface area contributed by atoms with E-state index in [0.29, 0.717) is 11.4 Å². The third-order valence-corrected chi connectivity index (χ3v) is 4.97. The summed E-state index contributed by atoms with van der Waals surface area (Å²) in [6.45, 7) is 0. The molecule has 1 saturated heterocycles. The molecule has 0 saturated carbocycles. The number of benzene rings is 1. The van der Waals surface area contributed by atoms with Crippen LogP contribution in [0.1, 0.15) is 18.1 Å². The van der Waals surface area contributed by atoms with Crippen molar-refractivity contribution in [2.75, 3.05) is 11.5 Å². The van der Waals surface area contributed by atoms with E-state index in [4.69, 9.17) is 11.6 Å². The average Bonchev–Trinajstić information content (AvgIpc) is 2.59. The van der Waals surface area contributed by atoms with Crippen LogP contribution in [0.15, 0.2) is 24.3 Å². The molecule has 1 aromatic rings. The van der Waals surface area contributed by atoms with Crippen LogP contribution in [0.4, 0.5) is 0 Å². The molecule has 88 valence electrons. The summed E-state index contributed by atoms with van der Waals surface area (Å²) < 4.78 is 22.6. The zero-order valence-electron chi connectivity index (χ0n) is 8.64. The molecule has 1 N–H and O–H groups in total. The van der Waals surface area contributed by atoms with Gasteiger partial charge in [-0.3, -0.25) is 0 Å². The molecule has 5 heteroatoms. The number of hydrogen-bond donors (Lipinski definition) is 1. The molecule has 2 unspecified atom stereocenters. The van der Waals surface area contributed by atoms with E-state index < -0.39 is 15.9 Å². The van der Waals surface area contributed by atoms with Crippen molar-refractivity contribution >= 4 is 21.4 Å². The average molecular weight is 261 g/mol. The Hall–Kier alpha value is -0.580. The highest BCUT2D eigenvalue weighted by Crippen LogP contribution is 2.31. The Labute approximate surface area is 100.0 Å². The summed E-state index contributed by atoms with van der Waals surface area (Å²) in [4.78, 5) is 0. The first-order valence-electron chi connectivity index (χ1n) is 5.12. The lowest BCUT2D eigenvalue weighted by molar-refractivity contribution is 0.121. The summed E-state index contributed by atoms with van der Waals surface area (Å²) in [5.74, 6) is 0.0743. The van der Waals surface area contributed by atoms with Crippen LogP contribution in [0.25, 0.3) is 0 Å². The van der Waals surface area contributed by atoms with E-state index in [0.717, 1.165) is 5.56 Å². The van der Waals surface area contributed by atoms with Crippen LogP contribution < -0.4 is 0 Å². The van der Waals surface area contributed by atoms with Crippen molar-refractivity contribution in [3.8, 4) is 0 Å². The number of aliphatic hydroxyl groups is 1. The standard InChI is InChI=1S/C11H13ClO3S/c12-10-3-1-8(2-4-10)11(13)9-5-6-16(14,15)7-9/h1-4,9,11,13H,5-7H2. The van der Waals surface area contributed by atoms with Gasteiger partial charge in [0.25, 0.3) is 0 Å². The zero-order chi connectivity index (χ0) is 11.8. The molecule has 0 amide bonds. The summed E-state index contributed by atoms with van der Waals surface area (Å²) in [6, 6.07) is 6.86. The molecule has 2 atom stereocenters. The van der Waals surface area contributed by atoms with Gasteiger partial charge in [0.1, 0.15) is 0 Å². The molecule has 1 fully saturated rings. The van der Waals surface area contributed by atoms with Crippen molar-refractivity contribution in [1.29, 1.82) is 0 Å².